The van der Waals surface area contributed by atoms with Crippen LogP contribution in [0.4, 0.5) is 0 Å². The van der Waals surface area contributed by atoms with E-state index in [0.717, 1.165) is 19.3 Å². The van der Waals surface area contributed by atoms with Crippen molar-refractivity contribution >= 4 is 0 Å². The van der Waals surface area contributed by atoms with Crippen LogP contribution in [0.2, 0.25) is 0 Å². The van der Waals surface area contributed by atoms with Gasteiger partial charge in [-0.15, -0.1) is 0 Å². The van der Waals surface area contributed by atoms with E-state index in [4.69, 9.17) is 4.74 Å². The molecule has 1 saturated carbocycles. The van der Waals surface area contributed by atoms with Crippen LogP contribution in [0.25, 0.3) is 0 Å². The van der Waals surface area contributed by atoms with E-state index in [1.807, 2.05) is 18.2 Å². The maximum Gasteiger partial charge on any atom is 0.0724 e. The van der Waals surface area contributed by atoms with E-state index in [0.29, 0.717) is 12.5 Å². The molecule has 1 aromatic carbocycles. The minimum Gasteiger partial charge on any atom is -0.396 e. The number of hydrogen-bond donors (Lipinski definition) is 2. The normalized spacial score (nSPS) is 29.5. The molecule has 3 heteroatoms. The highest BCUT2D eigenvalue weighted by Gasteiger charge is 2.44. The van der Waals surface area contributed by atoms with Gasteiger partial charge in [0.1, 0.15) is 0 Å². The van der Waals surface area contributed by atoms with Crippen LogP contribution in [0.3, 0.4) is 0 Å². The van der Waals surface area contributed by atoms with Crippen molar-refractivity contribution in [2.75, 3.05) is 13.2 Å². The Kier molecular flexibility index (Phi) is 5.65. The number of ether oxygens (including phenoxy) is 1. The van der Waals surface area contributed by atoms with Gasteiger partial charge >= 0.3 is 0 Å². The first-order chi connectivity index (χ1) is 10.4. The Balaban J connectivity index is 1.98. The summed E-state index contributed by atoms with van der Waals surface area (Å²) in [6, 6.07) is 10.2. The molecule has 0 radical (unpaired) electrons. The van der Waals surface area contributed by atoms with Crippen molar-refractivity contribution in [1.82, 2.24) is 0 Å². The molecule has 0 bridgehead atoms. The third-order valence-corrected chi connectivity index (χ3v) is 5.64. The topological polar surface area (TPSA) is 49.7 Å². The zero-order chi connectivity index (χ0) is 16.2. The SMILES string of the molecule is CC(C)(OCc1ccccc1)[C@H]1CC[C@](C)(CO)[C@@H](CO)C1. The lowest BCUT2D eigenvalue weighted by atomic mass is 9.62. The minimum absolute atomic E-state index is 0.141. The second kappa shape index (κ2) is 7.12. The Labute approximate surface area is 134 Å². The van der Waals surface area contributed by atoms with E-state index in [2.05, 4.69) is 32.9 Å². The average molecular weight is 306 g/mol. The first-order valence-corrected chi connectivity index (χ1v) is 8.31. The van der Waals surface area contributed by atoms with Gasteiger partial charge in [0, 0.05) is 13.2 Å². The number of benzene rings is 1. The number of aliphatic hydroxyl groups excluding tert-OH is 2. The molecule has 1 aliphatic carbocycles. The summed E-state index contributed by atoms with van der Waals surface area (Å²) in [5.74, 6) is 0.559. The lowest BCUT2D eigenvalue weighted by Crippen LogP contribution is -2.45. The molecule has 0 aliphatic heterocycles. The van der Waals surface area contributed by atoms with E-state index in [1.165, 1.54) is 5.56 Å². The van der Waals surface area contributed by atoms with Crippen LogP contribution in [0.15, 0.2) is 30.3 Å². The zero-order valence-corrected chi connectivity index (χ0v) is 14.1. The van der Waals surface area contributed by atoms with Gasteiger partial charge in [-0.3, -0.25) is 0 Å². The summed E-state index contributed by atoms with van der Waals surface area (Å²) in [6.45, 7) is 7.29. The summed E-state index contributed by atoms with van der Waals surface area (Å²) in [6.07, 6.45) is 2.89. The third kappa shape index (κ3) is 3.89. The van der Waals surface area contributed by atoms with Crippen molar-refractivity contribution in [2.45, 2.75) is 52.2 Å². The molecule has 1 aromatic rings. The molecule has 0 heterocycles. The van der Waals surface area contributed by atoms with Gasteiger partial charge in [-0.25, -0.2) is 0 Å². The molecule has 2 N–H and O–H groups in total. The highest BCUT2D eigenvalue weighted by Crippen LogP contribution is 2.46. The van der Waals surface area contributed by atoms with Crippen LogP contribution < -0.4 is 0 Å². The maximum atomic E-state index is 9.70. The monoisotopic (exact) mass is 306 g/mol. The second-order valence-corrected chi connectivity index (χ2v) is 7.54. The van der Waals surface area contributed by atoms with E-state index in [-0.39, 0.29) is 30.1 Å². The van der Waals surface area contributed by atoms with Crippen molar-refractivity contribution in [1.29, 1.82) is 0 Å². The van der Waals surface area contributed by atoms with Crippen molar-refractivity contribution < 1.29 is 14.9 Å². The molecule has 124 valence electrons. The molecule has 0 unspecified atom stereocenters. The summed E-state index contributed by atoms with van der Waals surface area (Å²) < 4.78 is 6.21. The quantitative estimate of drug-likeness (QED) is 0.847. The fraction of sp³-hybridized carbons (Fsp3) is 0.684. The molecule has 0 spiro atoms. The van der Waals surface area contributed by atoms with Gasteiger partial charge in [0.05, 0.1) is 12.2 Å². The van der Waals surface area contributed by atoms with E-state index in [1.54, 1.807) is 0 Å². The minimum atomic E-state index is -0.222. The fourth-order valence-corrected chi connectivity index (χ4v) is 3.55. The standard InChI is InChI=1S/C19H30O3/c1-18(2,22-13-15-7-5-4-6-8-15)16-9-10-19(3,14-21)17(11-16)12-20/h4-8,16-17,20-21H,9-14H2,1-3H3/t16-,17+,19+/m0/s1. The lowest BCUT2D eigenvalue weighted by molar-refractivity contribution is -0.111. The highest BCUT2D eigenvalue weighted by atomic mass is 16.5. The fourth-order valence-electron chi connectivity index (χ4n) is 3.55. The van der Waals surface area contributed by atoms with Gasteiger partial charge in [-0.1, -0.05) is 37.3 Å². The van der Waals surface area contributed by atoms with Crippen molar-refractivity contribution in [3.05, 3.63) is 35.9 Å². The summed E-state index contributed by atoms with van der Waals surface area (Å²) >= 11 is 0. The Morgan fingerprint density at radius 1 is 1.23 bits per heavy atom. The van der Waals surface area contributed by atoms with Gasteiger partial charge in [0.2, 0.25) is 0 Å². The molecule has 3 atom stereocenters. The van der Waals surface area contributed by atoms with Crippen LogP contribution in [0.5, 0.6) is 0 Å². The van der Waals surface area contributed by atoms with E-state index >= 15 is 0 Å². The van der Waals surface area contributed by atoms with Crippen LogP contribution in [-0.2, 0) is 11.3 Å². The van der Waals surface area contributed by atoms with Crippen molar-refractivity contribution in [3.63, 3.8) is 0 Å². The van der Waals surface area contributed by atoms with Gasteiger partial charge in [-0.05, 0) is 55.9 Å². The highest BCUT2D eigenvalue weighted by molar-refractivity contribution is 5.13. The van der Waals surface area contributed by atoms with E-state index < -0.39 is 0 Å². The molecule has 22 heavy (non-hydrogen) atoms. The zero-order valence-electron chi connectivity index (χ0n) is 14.1. The second-order valence-electron chi connectivity index (χ2n) is 7.54. The van der Waals surface area contributed by atoms with Gasteiger partial charge < -0.3 is 14.9 Å². The van der Waals surface area contributed by atoms with E-state index in [9.17, 15) is 10.2 Å². The van der Waals surface area contributed by atoms with Crippen LogP contribution in [0, 0.1) is 17.3 Å². The molecular weight excluding hydrogens is 276 g/mol. The van der Waals surface area contributed by atoms with Gasteiger partial charge in [-0.2, -0.15) is 0 Å². The molecule has 0 saturated heterocycles. The molecular formula is C19H30O3. The number of aliphatic hydroxyl groups is 2. The summed E-state index contributed by atoms with van der Waals surface area (Å²) in [7, 11) is 0. The Morgan fingerprint density at radius 3 is 2.50 bits per heavy atom. The summed E-state index contributed by atoms with van der Waals surface area (Å²) in [5, 5.41) is 19.3. The van der Waals surface area contributed by atoms with Crippen LogP contribution >= 0.6 is 0 Å². The molecule has 1 fully saturated rings. The Morgan fingerprint density at radius 2 is 1.91 bits per heavy atom. The maximum absolute atomic E-state index is 9.70. The molecule has 2 rings (SSSR count). The lowest BCUT2D eigenvalue weighted by Gasteiger charge is -2.47. The first-order valence-electron chi connectivity index (χ1n) is 8.31. The van der Waals surface area contributed by atoms with Gasteiger partial charge in [0.15, 0.2) is 0 Å². The summed E-state index contributed by atoms with van der Waals surface area (Å²) in [5.41, 5.74) is 0.811. The Bertz CT molecular complexity index is 457. The predicted molar refractivity (Wildman–Crippen MR) is 88.4 cm³/mol. The third-order valence-electron chi connectivity index (χ3n) is 5.64. The molecule has 0 amide bonds. The predicted octanol–water partition coefficient (Wildman–Crippen LogP) is 3.39. The van der Waals surface area contributed by atoms with Crippen molar-refractivity contribution in [3.8, 4) is 0 Å². The number of hydrogen-bond acceptors (Lipinski definition) is 3. The van der Waals surface area contributed by atoms with Crippen LogP contribution in [0.1, 0.15) is 45.6 Å². The Hall–Kier alpha value is -0.900. The summed E-state index contributed by atoms with van der Waals surface area (Å²) in [4.78, 5) is 0. The molecule has 1 aliphatic rings. The smallest absolute Gasteiger partial charge is 0.0724 e. The first kappa shape index (κ1) is 17.5. The molecule has 0 aromatic heterocycles. The van der Waals surface area contributed by atoms with Gasteiger partial charge in [0.25, 0.3) is 0 Å². The largest absolute Gasteiger partial charge is 0.396 e. The average Bonchev–Trinajstić information content (AvgIpc) is 2.54. The molecule has 3 nitrogen and oxygen atoms in total. The van der Waals surface area contributed by atoms with Crippen LogP contribution in [-0.4, -0.2) is 29.0 Å². The van der Waals surface area contributed by atoms with Crippen molar-refractivity contribution in [2.24, 2.45) is 17.3 Å². The number of rotatable bonds is 6.